The summed E-state index contributed by atoms with van der Waals surface area (Å²) in [6.45, 7) is 0. The quantitative estimate of drug-likeness (QED) is 0.860. The average Bonchev–Trinajstić information content (AvgIpc) is 3.08. The Kier molecular flexibility index (Phi) is 2.97. The van der Waals surface area contributed by atoms with Crippen molar-refractivity contribution in [3.8, 4) is 0 Å². The number of rotatable bonds is 3. The third kappa shape index (κ3) is 1.96. The molecule has 0 aromatic heterocycles. The molecule has 3 N–H and O–H groups in total. The first-order valence-corrected chi connectivity index (χ1v) is 6.55. The van der Waals surface area contributed by atoms with Crippen LogP contribution in [0.25, 0.3) is 0 Å². The number of fused-ring (bicyclic) bond motifs is 1. The molecular weight excluding hydrogens is 263 g/mol. The predicted molar refractivity (Wildman–Crippen MR) is 68.1 cm³/mol. The highest BCUT2D eigenvalue weighted by Crippen LogP contribution is 2.48. The van der Waals surface area contributed by atoms with Gasteiger partial charge in [0, 0.05) is 11.6 Å². The van der Waals surface area contributed by atoms with Crippen LogP contribution in [0.1, 0.15) is 24.4 Å². The highest BCUT2D eigenvalue weighted by atomic mass is 19.1. The van der Waals surface area contributed by atoms with E-state index in [0.717, 1.165) is 6.42 Å². The van der Waals surface area contributed by atoms with Gasteiger partial charge >= 0.3 is 5.97 Å². The normalized spacial score (nSPS) is 28.9. The Balaban J connectivity index is 1.85. The van der Waals surface area contributed by atoms with Crippen LogP contribution in [-0.2, 0) is 9.59 Å². The number of carbonyl (C=O) groups is 2. The molecule has 2 aliphatic rings. The number of aliphatic carboxylic acids is 1. The molecule has 1 aromatic carbocycles. The van der Waals surface area contributed by atoms with Gasteiger partial charge in [-0.2, -0.15) is 0 Å². The number of nitrogens with two attached hydrogens (primary N) is 1. The van der Waals surface area contributed by atoms with E-state index in [1.54, 1.807) is 6.07 Å². The number of nitrogens with zero attached hydrogens (tertiary/aromatic N) is 1. The summed E-state index contributed by atoms with van der Waals surface area (Å²) in [7, 11) is 0. The number of benzene rings is 1. The fraction of sp³-hybridized carbons (Fsp3) is 0.429. The van der Waals surface area contributed by atoms with Gasteiger partial charge in [0.1, 0.15) is 17.9 Å². The van der Waals surface area contributed by atoms with Crippen LogP contribution in [-0.4, -0.2) is 34.0 Å². The van der Waals surface area contributed by atoms with E-state index in [0.29, 0.717) is 6.42 Å². The van der Waals surface area contributed by atoms with Gasteiger partial charge in [-0.25, -0.2) is 9.18 Å². The molecule has 0 bridgehead atoms. The highest BCUT2D eigenvalue weighted by Gasteiger charge is 2.56. The lowest BCUT2D eigenvalue weighted by atomic mass is 10.0. The van der Waals surface area contributed by atoms with E-state index in [1.807, 2.05) is 0 Å². The lowest BCUT2D eigenvalue weighted by Gasteiger charge is -2.27. The smallest absolute Gasteiger partial charge is 0.326 e. The minimum atomic E-state index is -1.16. The number of likely N-dealkylation sites (tertiary alicyclic amines) is 1. The van der Waals surface area contributed by atoms with Crippen molar-refractivity contribution in [2.45, 2.75) is 31.0 Å². The molecule has 1 aliphatic carbocycles. The molecule has 4 atom stereocenters. The number of amides is 1. The van der Waals surface area contributed by atoms with E-state index in [9.17, 15) is 14.0 Å². The monoisotopic (exact) mass is 278 g/mol. The molecule has 0 radical (unpaired) electrons. The number of carboxylic acid groups (broad SMARTS) is 1. The SMILES string of the molecule is NC(C(=O)N1[C@H](C(=O)O)C[C@@H]2C[C@@H]21)c1ccccc1F. The van der Waals surface area contributed by atoms with Gasteiger partial charge in [-0.1, -0.05) is 18.2 Å². The molecule has 20 heavy (non-hydrogen) atoms. The summed E-state index contributed by atoms with van der Waals surface area (Å²) in [5, 5.41) is 9.17. The average molecular weight is 278 g/mol. The number of halogens is 1. The zero-order chi connectivity index (χ0) is 14.4. The number of hydrogen-bond donors (Lipinski definition) is 2. The van der Waals surface area contributed by atoms with E-state index < -0.39 is 29.8 Å². The summed E-state index contributed by atoms with van der Waals surface area (Å²) in [5.74, 6) is -1.82. The first kappa shape index (κ1) is 13.1. The van der Waals surface area contributed by atoms with Crippen molar-refractivity contribution < 1.29 is 19.1 Å². The van der Waals surface area contributed by atoms with E-state index in [-0.39, 0.29) is 17.5 Å². The molecule has 1 saturated heterocycles. The number of piperidine rings is 1. The minimum absolute atomic E-state index is 0.0403. The molecule has 6 heteroatoms. The van der Waals surface area contributed by atoms with Gasteiger partial charge in [0.05, 0.1) is 0 Å². The van der Waals surface area contributed by atoms with E-state index in [2.05, 4.69) is 0 Å². The lowest BCUT2D eigenvalue weighted by molar-refractivity contribution is -0.150. The molecule has 2 fully saturated rings. The zero-order valence-corrected chi connectivity index (χ0v) is 10.7. The second-order valence-electron chi connectivity index (χ2n) is 5.40. The molecule has 1 aliphatic heterocycles. The van der Waals surface area contributed by atoms with Crippen LogP contribution in [0.2, 0.25) is 0 Å². The second-order valence-corrected chi connectivity index (χ2v) is 5.40. The number of hydrogen-bond acceptors (Lipinski definition) is 3. The standard InChI is InChI=1S/C14H15FN2O3/c15-9-4-2-1-3-8(9)12(16)13(18)17-10-5-7(10)6-11(17)14(19)20/h1-4,7,10-12H,5-6,16H2,(H,19,20)/t7-,10-,11-,12?/m0/s1. The minimum Gasteiger partial charge on any atom is -0.480 e. The van der Waals surface area contributed by atoms with Crippen LogP contribution >= 0.6 is 0 Å². The van der Waals surface area contributed by atoms with Crippen molar-refractivity contribution >= 4 is 11.9 Å². The molecule has 1 unspecified atom stereocenters. The number of carbonyl (C=O) groups excluding carboxylic acids is 1. The van der Waals surface area contributed by atoms with Crippen molar-refractivity contribution in [1.82, 2.24) is 4.90 Å². The fourth-order valence-electron chi connectivity index (χ4n) is 3.01. The van der Waals surface area contributed by atoms with Crippen LogP contribution < -0.4 is 5.73 Å². The first-order valence-electron chi connectivity index (χ1n) is 6.55. The van der Waals surface area contributed by atoms with Gasteiger partial charge < -0.3 is 15.7 Å². The van der Waals surface area contributed by atoms with Gasteiger partial charge in [-0.3, -0.25) is 4.79 Å². The second kappa shape index (κ2) is 4.56. The summed E-state index contributed by atoms with van der Waals surface area (Å²) >= 11 is 0. The molecule has 1 heterocycles. The Morgan fingerprint density at radius 1 is 1.35 bits per heavy atom. The summed E-state index contributed by atoms with van der Waals surface area (Å²) in [5.41, 5.74) is 5.94. The van der Waals surface area contributed by atoms with E-state index >= 15 is 0 Å². The van der Waals surface area contributed by atoms with E-state index in [1.165, 1.54) is 23.1 Å². The van der Waals surface area contributed by atoms with Gasteiger partial charge in [0.25, 0.3) is 0 Å². The Morgan fingerprint density at radius 2 is 2.05 bits per heavy atom. The zero-order valence-electron chi connectivity index (χ0n) is 10.7. The molecular formula is C14H15FN2O3. The maximum atomic E-state index is 13.7. The molecule has 3 rings (SSSR count). The van der Waals surface area contributed by atoms with Crippen molar-refractivity contribution in [3.05, 3.63) is 35.6 Å². The summed E-state index contributed by atoms with van der Waals surface area (Å²) in [4.78, 5) is 25.0. The fourth-order valence-corrected chi connectivity index (χ4v) is 3.01. The Morgan fingerprint density at radius 3 is 2.70 bits per heavy atom. The van der Waals surface area contributed by atoms with E-state index in [4.69, 9.17) is 10.8 Å². The summed E-state index contributed by atoms with van der Waals surface area (Å²) in [6, 6.07) is 3.78. The Labute approximate surface area is 115 Å². The maximum absolute atomic E-state index is 13.7. The predicted octanol–water partition coefficient (Wildman–Crippen LogP) is 0.900. The first-order chi connectivity index (χ1) is 9.50. The topological polar surface area (TPSA) is 83.6 Å². The largest absolute Gasteiger partial charge is 0.480 e. The van der Waals surface area contributed by atoms with Crippen molar-refractivity contribution in [2.75, 3.05) is 0 Å². The lowest BCUT2D eigenvalue weighted by Crippen LogP contribution is -2.47. The van der Waals surface area contributed by atoms with Crippen LogP contribution in [0.3, 0.4) is 0 Å². The van der Waals surface area contributed by atoms with Gasteiger partial charge in [-0.15, -0.1) is 0 Å². The van der Waals surface area contributed by atoms with Crippen molar-refractivity contribution in [2.24, 2.45) is 11.7 Å². The third-order valence-corrected chi connectivity index (χ3v) is 4.15. The highest BCUT2D eigenvalue weighted by molar-refractivity contribution is 5.89. The van der Waals surface area contributed by atoms with Crippen molar-refractivity contribution in [3.63, 3.8) is 0 Å². The molecule has 1 saturated carbocycles. The molecule has 1 aromatic rings. The van der Waals surface area contributed by atoms with Crippen LogP contribution in [0.5, 0.6) is 0 Å². The Bertz CT molecular complexity index is 577. The van der Waals surface area contributed by atoms with Gasteiger partial charge in [-0.05, 0) is 24.8 Å². The Hall–Kier alpha value is -1.95. The molecule has 1 amide bonds. The van der Waals surface area contributed by atoms with Crippen LogP contribution in [0, 0.1) is 11.7 Å². The molecule has 106 valence electrons. The number of carboxylic acids is 1. The van der Waals surface area contributed by atoms with Crippen LogP contribution in [0.15, 0.2) is 24.3 Å². The van der Waals surface area contributed by atoms with Crippen molar-refractivity contribution in [1.29, 1.82) is 0 Å². The summed E-state index contributed by atoms with van der Waals surface area (Å²) in [6.07, 6.45) is 1.29. The van der Waals surface area contributed by atoms with Crippen LogP contribution in [0.4, 0.5) is 4.39 Å². The molecule has 5 nitrogen and oxygen atoms in total. The third-order valence-electron chi connectivity index (χ3n) is 4.15. The maximum Gasteiger partial charge on any atom is 0.326 e. The summed E-state index contributed by atoms with van der Waals surface area (Å²) < 4.78 is 13.7. The van der Waals surface area contributed by atoms with Gasteiger partial charge in [0.15, 0.2) is 0 Å². The van der Waals surface area contributed by atoms with Gasteiger partial charge in [0.2, 0.25) is 5.91 Å². The molecule has 0 spiro atoms.